The van der Waals surface area contributed by atoms with Gasteiger partial charge >= 0.3 is 0 Å². The minimum Gasteiger partial charge on any atom is -0.375 e. The molecule has 0 aromatic rings. The number of nitrogens with zero attached hydrogens (tertiary/aromatic N) is 3. The number of unbranched alkanes of at least 4 members (excludes halogenated alkanes) is 6. The smallest absolute Gasteiger partial charge is 0.138 e. The maximum absolute atomic E-state index is 8.39. The summed E-state index contributed by atoms with van der Waals surface area (Å²) >= 11 is 0. The van der Waals surface area contributed by atoms with Crippen molar-refractivity contribution in [2.45, 2.75) is 71.4 Å². The first-order chi connectivity index (χ1) is 8.26. The maximum Gasteiger partial charge on any atom is 0.138 e. The first kappa shape index (κ1) is 16.3. The van der Waals surface area contributed by atoms with E-state index >= 15 is 0 Å². The number of ether oxygens (including phenoxy) is 1. The summed E-state index contributed by atoms with van der Waals surface area (Å²) in [5, 5.41) is 3.64. The van der Waals surface area contributed by atoms with Crippen LogP contribution in [0.25, 0.3) is 10.4 Å². The third-order valence-electron chi connectivity index (χ3n) is 3.16. The van der Waals surface area contributed by atoms with Crippen molar-refractivity contribution in [3.63, 3.8) is 0 Å². The Balaban J connectivity index is 3.49. The van der Waals surface area contributed by atoms with Crippen LogP contribution >= 0.6 is 0 Å². The molecule has 0 aromatic heterocycles. The zero-order valence-electron chi connectivity index (χ0n) is 11.6. The predicted molar refractivity (Wildman–Crippen MR) is 71.7 cm³/mol. The highest BCUT2D eigenvalue weighted by molar-refractivity contribution is 4.64. The first-order valence-electron chi connectivity index (χ1n) is 6.83. The van der Waals surface area contributed by atoms with Crippen molar-refractivity contribution in [3.05, 3.63) is 10.4 Å². The molecule has 0 saturated heterocycles. The van der Waals surface area contributed by atoms with Crippen LogP contribution < -0.4 is 0 Å². The van der Waals surface area contributed by atoms with Gasteiger partial charge < -0.3 is 4.74 Å². The van der Waals surface area contributed by atoms with Crippen LogP contribution in [0.1, 0.15) is 65.2 Å². The summed E-state index contributed by atoms with van der Waals surface area (Å²) in [5.74, 6) is 0.312. The molecule has 0 spiro atoms. The Morgan fingerprint density at radius 3 is 2.24 bits per heavy atom. The minimum atomic E-state index is -0.305. The summed E-state index contributed by atoms with van der Waals surface area (Å²) in [6, 6.07) is 0. The fourth-order valence-electron chi connectivity index (χ4n) is 2.01. The molecular formula is C13H27N3O. The average Bonchev–Trinajstić information content (AvgIpc) is 2.34. The fraction of sp³-hybridized carbons (Fsp3) is 1.00. The van der Waals surface area contributed by atoms with E-state index < -0.39 is 0 Å². The van der Waals surface area contributed by atoms with E-state index in [1.54, 1.807) is 7.11 Å². The van der Waals surface area contributed by atoms with Crippen molar-refractivity contribution in [1.82, 2.24) is 0 Å². The van der Waals surface area contributed by atoms with E-state index in [0.29, 0.717) is 5.92 Å². The van der Waals surface area contributed by atoms with Crippen LogP contribution in [0.2, 0.25) is 0 Å². The number of rotatable bonds is 11. The number of methoxy groups -OCH3 is 1. The summed E-state index contributed by atoms with van der Waals surface area (Å²) in [7, 11) is 1.60. The summed E-state index contributed by atoms with van der Waals surface area (Å²) < 4.78 is 5.14. The van der Waals surface area contributed by atoms with E-state index in [9.17, 15) is 0 Å². The molecule has 4 heteroatoms. The van der Waals surface area contributed by atoms with E-state index in [1.807, 2.05) is 0 Å². The number of hydrogen-bond donors (Lipinski definition) is 0. The Kier molecular flexibility index (Phi) is 11.2. The highest BCUT2D eigenvalue weighted by atomic mass is 16.5. The molecule has 0 rings (SSSR count). The fourth-order valence-corrected chi connectivity index (χ4v) is 2.01. The maximum atomic E-state index is 8.39. The molecule has 17 heavy (non-hydrogen) atoms. The quantitative estimate of drug-likeness (QED) is 0.216. The average molecular weight is 241 g/mol. The molecule has 0 aliphatic carbocycles. The van der Waals surface area contributed by atoms with Crippen molar-refractivity contribution in [3.8, 4) is 0 Å². The Morgan fingerprint density at radius 2 is 1.71 bits per heavy atom. The van der Waals surface area contributed by atoms with Gasteiger partial charge in [-0.25, -0.2) is 0 Å². The van der Waals surface area contributed by atoms with Gasteiger partial charge in [0.25, 0.3) is 0 Å². The van der Waals surface area contributed by atoms with E-state index in [1.165, 1.54) is 44.9 Å². The molecule has 0 aliphatic heterocycles. The molecule has 100 valence electrons. The van der Waals surface area contributed by atoms with Gasteiger partial charge in [0.1, 0.15) is 6.23 Å². The summed E-state index contributed by atoms with van der Waals surface area (Å²) in [6.07, 6.45) is 9.96. The van der Waals surface area contributed by atoms with Gasteiger partial charge in [-0.3, -0.25) is 0 Å². The Labute approximate surface area is 105 Å². The molecule has 0 saturated carbocycles. The van der Waals surface area contributed by atoms with Crippen molar-refractivity contribution in [2.24, 2.45) is 11.0 Å². The molecule has 0 aromatic carbocycles. The molecular weight excluding hydrogens is 214 g/mol. The van der Waals surface area contributed by atoms with Crippen LogP contribution in [0, 0.1) is 5.92 Å². The lowest BCUT2D eigenvalue weighted by Gasteiger charge is -2.17. The predicted octanol–water partition coefficient (Wildman–Crippen LogP) is 5.05. The normalized spacial score (nSPS) is 14.1. The minimum absolute atomic E-state index is 0.305. The van der Waals surface area contributed by atoms with Gasteiger partial charge in [-0.05, 0) is 17.9 Å². The Hall–Kier alpha value is -0.730. The van der Waals surface area contributed by atoms with Crippen molar-refractivity contribution < 1.29 is 4.74 Å². The van der Waals surface area contributed by atoms with Gasteiger partial charge in [-0.1, -0.05) is 63.9 Å². The van der Waals surface area contributed by atoms with Crippen LogP contribution in [0.4, 0.5) is 0 Å². The molecule has 0 aliphatic rings. The zero-order valence-corrected chi connectivity index (χ0v) is 11.6. The van der Waals surface area contributed by atoms with Gasteiger partial charge in [0.15, 0.2) is 0 Å². The third-order valence-corrected chi connectivity index (χ3v) is 3.16. The monoisotopic (exact) mass is 241 g/mol. The van der Waals surface area contributed by atoms with Crippen LogP contribution in [-0.4, -0.2) is 13.3 Å². The largest absolute Gasteiger partial charge is 0.375 e. The lowest BCUT2D eigenvalue weighted by Crippen LogP contribution is -2.17. The molecule has 0 fully saturated rings. The molecule has 0 heterocycles. The highest BCUT2D eigenvalue weighted by Gasteiger charge is 2.13. The lowest BCUT2D eigenvalue weighted by atomic mass is 10.0. The highest BCUT2D eigenvalue weighted by Crippen LogP contribution is 2.17. The van der Waals surface area contributed by atoms with Gasteiger partial charge in [-0.2, -0.15) is 0 Å². The molecule has 4 nitrogen and oxygen atoms in total. The lowest BCUT2D eigenvalue weighted by molar-refractivity contribution is 0.0599. The van der Waals surface area contributed by atoms with Crippen molar-refractivity contribution in [2.75, 3.05) is 7.11 Å². The second-order valence-electron chi connectivity index (χ2n) is 4.72. The van der Waals surface area contributed by atoms with Gasteiger partial charge in [-0.15, -0.1) is 0 Å². The van der Waals surface area contributed by atoms with Crippen LogP contribution in [0.15, 0.2) is 5.11 Å². The van der Waals surface area contributed by atoms with Crippen LogP contribution in [0.5, 0.6) is 0 Å². The van der Waals surface area contributed by atoms with E-state index in [-0.39, 0.29) is 6.23 Å². The molecule has 2 unspecified atom stereocenters. The van der Waals surface area contributed by atoms with Crippen molar-refractivity contribution in [1.29, 1.82) is 0 Å². The third kappa shape index (κ3) is 9.02. The van der Waals surface area contributed by atoms with E-state index in [2.05, 4.69) is 23.9 Å². The zero-order chi connectivity index (χ0) is 12.9. The molecule has 0 amide bonds. The Bertz CT molecular complexity index is 215. The van der Waals surface area contributed by atoms with E-state index in [4.69, 9.17) is 10.3 Å². The second-order valence-corrected chi connectivity index (χ2v) is 4.72. The van der Waals surface area contributed by atoms with Crippen molar-refractivity contribution >= 4 is 0 Å². The summed E-state index contributed by atoms with van der Waals surface area (Å²) in [5.41, 5.74) is 8.39. The standard InChI is InChI=1S/C13H27N3O/c1-4-5-6-7-8-9-10-11-12(2)13(17-3)15-16-14/h12-13H,4-11H2,1-3H3. The molecule has 0 radical (unpaired) electrons. The number of azide groups is 1. The molecule has 0 bridgehead atoms. The van der Waals surface area contributed by atoms with Gasteiger partial charge in [0.05, 0.1) is 0 Å². The van der Waals surface area contributed by atoms with E-state index in [0.717, 1.165) is 6.42 Å². The topological polar surface area (TPSA) is 58.0 Å². The summed E-state index contributed by atoms with van der Waals surface area (Å²) in [4.78, 5) is 2.81. The molecule has 0 N–H and O–H groups in total. The Morgan fingerprint density at radius 1 is 1.12 bits per heavy atom. The SMILES string of the molecule is CCCCCCCCCC(C)C(N=[N+]=[N-])OC. The van der Waals surface area contributed by atoms with Gasteiger partial charge in [0, 0.05) is 12.0 Å². The van der Waals surface area contributed by atoms with Gasteiger partial charge in [0.2, 0.25) is 0 Å². The second kappa shape index (κ2) is 11.7. The molecule has 2 atom stereocenters. The van der Waals surface area contributed by atoms with Crippen LogP contribution in [0.3, 0.4) is 0 Å². The summed E-state index contributed by atoms with van der Waals surface area (Å²) in [6.45, 7) is 4.32. The number of hydrogen-bond acceptors (Lipinski definition) is 2. The first-order valence-corrected chi connectivity index (χ1v) is 6.83. The van der Waals surface area contributed by atoms with Crippen LogP contribution in [-0.2, 0) is 4.74 Å².